The van der Waals surface area contributed by atoms with Gasteiger partial charge in [0.25, 0.3) is 10.0 Å². The Kier molecular flexibility index (Phi) is 5.32. The van der Waals surface area contributed by atoms with Crippen LogP contribution < -0.4 is 4.72 Å². The van der Waals surface area contributed by atoms with Crippen LogP contribution in [0.4, 0.5) is 0 Å². The summed E-state index contributed by atoms with van der Waals surface area (Å²) in [4.78, 5) is 10.9. The van der Waals surface area contributed by atoms with Crippen LogP contribution in [-0.4, -0.2) is 25.5 Å². The fourth-order valence-corrected chi connectivity index (χ4v) is 4.80. The fourth-order valence-electron chi connectivity index (χ4n) is 1.33. The van der Waals surface area contributed by atoms with Crippen LogP contribution in [0.3, 0.4) is 0 Å². The van der Waals surface area contributed by atoms with Crippen molar-refractivity contribution in [2.75, 3.05) is 0 Å². The summed E-state index contributed by atoms with van der Waals surface area (Å²) in [5.41, 5.74) is 0.808. The quantitative estimate of drug-likeness (QED) is 0.820. The third kappa shape index (κ3) is 3.78. The lowest BCUT2D eigenvalue weighted by atomic mass is 10.2. The Bertz CT molecular complexity index is 519. The van der Waals surface area contributed by atoms with E-state index in [1.54, 1.807) is 13.8 Å². The highest BCUT2D eigenvalue weighted by molar-refractivity contribution is 9.11. The molecule has 102 valence electrons. The Hall–Kier alpha value is -0.440. The van der Waals surface area contributed by atoms with E-state index < -0.39 is 22.0 Å². The SMILES string of the molecule is CCC[C@@H](NS(=O)(=O)c1cc(C)c(Br)s1)C(=O)O. The van der Waals surface area contributed by atoms with Crippen LogP contribution in [0.25, 0.3) is 0 Å². The van der Waals surface area contributed by atoms with Gasteiger partial charge >= 0.3 is 5.97 Å². The van der Waals surface area contributed by atoms with Gasteiger partial charge in [0, 0.05) is 0 Å². The number of aryl methyl sites for hydroxylation is 1. The topological polar surface area (TPSA) is 83.5 Å². The van der Waals surface area contributed by atoms with Crippen molar-refractivity contribution in [1.82, 2.24) is 4.72 Å². The van der Waals surface area contributed by atoms with E-state index in [0.717, 1.165) is 20.7 Å². The largest absolute Gasteiger partial charge is 0.480 e. The highest BCUT2D eigenvalue weighted by Gasteiger charge is 2.26. The van der Waals surface area contributed by atoms with E-state index in [4.69, 9.17) is 5.11 Å². The van der Waals surface area contributed by atoms with Gasteiger partial charge in [0.15, 0.2) is 0 Å². The highest BCUT2D eigenvalue weighted by atomic mass is 79.9. The zero-order chi connectivity index (χ0) is 13.9. The smallest absolute Gasteiger partial charge is 0.321 e. The van der Waals surface area contributed by atoms with Crippen LogP contribution in [0.2, 0.25) is 0 Å². The zero-order valence-electron chi connectivity index (χ0n) is 9.94. The summed E-state index contributed by atoms with van der Waals surface area (Å²) in [6.07, 6.45) is 0.854. The molecular formula is C10H14BrNO4S2. The molecule has 18 heavy (non-hydrogen) atoms. The molecule has 1 atom stereocenters. The molecule has 0 bridgehead atoms. The van der Waals surface area contributed by atoms with Crippen molar-refractivity contribution in [1.29, 1.82) is 0 Å². The number of carbonyl (C=O) groups is 1. The molecule has 0 spiro atoms. The predicted octanol–water partition coefficient (Wildman–Crippen LogP) is 2.35. The van der Waals surface area contributed by atoms with Gasteiger partial charge in [-0.3, -0.25) is 4.79 Å². The van der Waals surface area contributed by atoms with Crippen molar-refractivity contribution in [3.8, 4) is 0 Å². The number of nitrogens with one attached hydrogen (secondary N) is 1. The molecule has 0 aliphatic carbocycles. The lowest BCUT2D eigenvalue weighted by Gasteiger charge is -2.12. The van der Waals surface area contributed by atoms with E-state index in [1.807, 2.05) is 0 Å². The van der Waals surface area contributed by atoms with E-state index in [2.05, 4.69) is 20.7 Å². The third-order valence-corrected chi connectivity index (χ3v) is 6.35. The van der Waals surface area contributed by atoms with Gasteiger partial charge in [0.1, 0.15) is 10.3 Å². The van der Waals surface area contributed by atoms with Gasteiger partial charge in [-0.25, -0.2) is 8.42 Å². The molecule has 0 saturated carbocycles. The molecule has 0 saturated heterocycles. The molecule has 0 aliphatic heterocycles. The van der Waals surface area contributed by atoms with Crippen LogP contribution in [-0.2, 0) is 14.8 Å². The molecule has 1 aromatic rings. The minimum Gasteiger partial charge on any atom is -0.480 e. The van der Waals surface area contributed by atoms with E-state index in [0.29, 0.717) is 6.42 Å². The molecule has 1 heterocycles. The number of hydrogen-bond acceptors (Lipinski definition) is 4. The number of halogens is 1. The average molecular weight is 356 g/mol. The first-order valence-corrected chi connectivity index (χ1v) is 8.38. The van der Waals surface area contributed by atoms with Crippen LogP contribution in [0.5, 0.6) is 0 Å². The molecule has 0 amide bonds. The summed E-state index contributed by atoms with van der Waals surface area (Å²) in [7, 11) is -3.77. The third-order valence-electron chi connectivity index (χ3n) is 2.27. The minimum atomic E-state index is -3.77. The summed E-state index contributed by atoms with van der Waals surface area (Å²) < 4.78 is 27.1. The molecule has 2 N–H and O–H groups in total. The first kappa shape index (κ1) is 15.6. The van der Waals surface area contributed by atoms with Crippen LogP contribution in [0.1, 0.15) is 25.3 Å². The second-order valence-corrected chi connectivity index (χ2v) is 8.13. The Morgan fingerprint density at radius 2 is 2.22 bits per heavy atom. The fraction of sp³-hybridized carbons (Fsp3) is 0.500. The molecule has 1 rings (SSSR count). The average Bonchev–Trinajstić information content (AvgIpc) is 2.59. The first-order chi connectivity index (χ1) is 8.27. The highest BCUT2D eigenvalue weighted by Crippen LogP contribution is 2.30. The van der Waals surface area contributed by atoms with Gasteiger partial charge in [0.05, 0.1) is 3.79 Å². The second kappa shape index (κ2) is 6.14. The zero-order valence-corrected chi connectivity index (χ0v) is 13.2. The number of thiophene rings is 1. The standard InChI is InChI=1S/C10H14BrNO4S2/c1-3-4-7(10(13)14)12-18(15,16)8-5-6(2)9(11)17-8/h5,7,12H,3-4H2,1-2H3,(H,13,14)/t7-/m1/s1. The van der Waals surface area contributed by atoms with Crippen molar-refractivity contribution in [3.05, 3.63) is 15.4 Å². The van der Waals surface area contributed by atoms with E-state index in [-0.39, 0.29) is 10.6 Å². The van der Waals surface area contributed by atoms with Gasteiger partial charge in [-0.2, -0.15) is 4.72 Å². The number of sulfonamides is 1. The summed E-state index contributed by atoms with van der Waals surface area (Å²) in [6.45, 7) is 3.58. The van der Waals surface area contributed by atoms with Crippen molar-refractivity contribution >= 4 is 43.3 Å². The summed E-state index contributed by atoms with van der Waals surface area (Å²) >= 11 is 4.31. The lowest BCUT2D eigenvalue weighted by Crippen LogP contribution is -2.40. The van der Waals surface area contributed by atoms with Gasteiger partial charge in [-0.15, -0.1) is 11.3 Å². The van der Waals surface area contributed by atoms with E-state index in [9.17, 15) is 13.2 Å². The number of aliphatic carboxylic acids is 1. The van der Waals surface area contributed by atoms with Crippen molar-refractivity contribution in [3.63, 3.8) is 0 Å². The Balaban J connectivity index is 2.96. The molecule has 0 radical (unpaired) electrons. The van der Waals surface area contributed by atoms with Crippen LogP contribution in [0, 0.1) is 6.92 Å². The molecule has 0 aromatic carbocycles. The summed E-state index contributed by atoms with van der Waals surface area (Å²) in [5, 5.41) is 8.94. The normalized spacial score (nSPS) is 13.5. The van der Waals surface area contributed by atoms with Crippen molar-refractivity contribution < 1.29 is 18.3 Å². The monoisotopic (exact) mass is 355 g/mol. The number of hydrogen-bond donors (Lipinski definition) is 2. The maximum Gasteiger partial charge on any atom is 0.321 e. The predicted molar refractivity (Wildman–Crippen MR) is 73.4 cm³/mol. The molecule has 0 unspecified atom stereocenters. The molecular weight excluding hydrogens is 342 g/mol. The van der Waals surface area contributed by atoms with Crippen LogP contribution in [0.15, 0.2) is 14.1 Å². The molecule has 0 aliphatic rings. The number of rotatable bonds is 6. The molecule has 5 nitrogen and oxygen atoms in total. The number of carboxylic acid groups (broad SMARTS) is 1. The minimum absolute atomic E-state index is 0.120. The Morgan fingerprint density at radius 3 is 2.61 bits per heavy atom. The maximum absolute atomic E-state index is 12.0. The van der Waals surface area contributed by atoms with Crippen LogP contribution >= 0.6 is 27.3 Å². The van der Waals surface area contributed by atoms with Gasteiger partial charge < -0.3 is 5.11 Å². The summed E-state index contributed by atoms with van der Waals surface area (Å²) in [5.74, 6) is -1.16. The van der Waals surface area contributed by atoms with Crippen molar-refractivity contribution in [2.45, 2.75) is 36.9 Å². The lowest BCUT2D eigenvalue weighted by molar-refractivity contribution is -0.139. The van der Waals surface area contributed by atoms with Gasteiger partial charge in [-0.1, -0.05) is 13.3 Å². The Morgan fingerprint density at radius 1 is 1.61 bits per heavy atom. The van der Waals surface area contributed by atoms with Gasteiger partial charge in [0.2, 0.25) is 0 Å². The van der Waals surface area contributed by atoms with Gasteiger partial charge in [-0.05, 0) is 40.9 Å². The van der Waals surface area contributed by atoms with E-state index in [1.165, 1.54) is 6.07 Å². The Labute approximate surface area is 118 Å². The second-order valence-electron chi connectivity index (χ2n) is 3.82. The van der Waals surface area contributed by atoms with E-state index >= 15 is 0 Å². The molecule has 1 aromatic heterocycles. The summed E-state index contributed by atoms with van der Waals surface area (Å²) in [6, 6.07) is 0.434. The molecule has 0 fully saturated rings. The molecule has 8 heteroatoms. The maximum atomic E-state index is 12.0. The number of carboxylic acids is 1. The van der Waals surface area contributed by atoms with Crippen molar-refractivity contribution in [2.24, 2.45) is 0 Å². The first-order valence-electron chi connectivity index (χ1n) is 5.29.